The van der Waals surface area contributed by atoms with Crippen LogP contribution in [0.15, 0.2) is 40.0 Å². The van der Waals surface area contributed by atoms with Gasteiger partial charge in [-0.25, -0.2) is 0 Å². The van der Waals surface area contributed by atoms with Gasteiger partial charge in [0.1, 0.15) is 12.0 Å². The molecule has 140 valence electrons. The third-order valence-corrected chi connectivity index (χ3v) is 4.68. The van der Waals surface area contributed by atoms with Gasteiger partial charge in [-0.05, 0) is 24.1 Å². The fourth-order valence-electron chi connectivity index (χ4n) is 3.15. The van der Waals surface area contributed by atoms with Gasteiger partial charge >= 0.3 is 0 Å². The quantitative estimate of drug-likeness (QED) is 0.651. The van der Waals surface area contributed by atoms with E-state index in [-0.39, 0.29) is 0 Å². The highest BCUT2D eigenvalue weighted by Gasteiger charge is 2.20. The molecule has 1 N–H and O–H groups in total. The molecule has 0 amide bonds. The van der Waals surface area contributed by atoms with E-state index in [1.165, 1.54) is 5.56 Å². The van der Waals surface area contributed by atoms with Gasteiger partial charge in [-0.2, -0.15) is 0 Å². The topological polar surface area (TPSA) is 66.1 Å². The predicted molar refractivity (Wildman–Crippen MR) is 101 cm³/mol. The van der Waals surface area contributed by atoms with Crippen LogP contribution < -0.4 is 10.1 Å². The summed E-state index contributed by atoms with van der Waals surface area (Å²) in [5, 5.41) is 7.45. The molecule has 0 saturated carbocycles. The summed E-state index contributed by atoms with van der Waals surface area (Å²) in [5.74, 6) is 1.85. The van der Waals surface area contributed by atoms with Crippen LogP contribution in [-0.4, -0.2) is 61.3 Å². The van der Waals surface area contributed by atoms with Crippen LogP contribution in [-0.2, 0) is 13.1 Å². The number of piperazine rings is 1. The van der Waals surface area contributed by atoms with Crippen molar-refractivity contribution in [2.75, 3.05) is 40.3 Å². The van der Waals surface area contributed by atoms with E-state index in [0.29, 0.717) is 0 Å². The second kappa shape index (κ2) is 8.71. The molecular weight excluding hydrogens is 330 g/mol. The lowest BCUT2D eigenvalue weighted by molar-refractivity contribution is 0.169. The van der Waals surface area contributed by atoms with Gasteiger partial charge in [-0.3, -0.25) is 9.89 Å². The van der Waals surface area contributed by atoms with Crippen molar-refractivity contribution in [2.45, 2.75) is 20.0 Å². The van der Waals surface area contributed by atoms with Crippen molar-refractivity contribution in [3.05, 3.63) is 47.3 Å². The Morgan fingerprint density at radius 2 is 2.08 bits per heavy atom. The Balaban J connectivity index is 1.50. The van der Waals surface area contributed by atoms with Gasteiger partial charge < -0.3 is 19.5 Å². The van der Waals surface area contributed by atoms with Gasteiger partial charge in [0, 0.05) is 52.4 Å². The largest absolute Gasteiger partial charge is 0.496 e. The fourth-order valence-corrected chi connectivity index (χ4v) is 3.15. The van der Waals surface area contributed by atoms with E-state index < -0.39 is 0 Å². The van der Waals surface area contributed by atoms with Crippen molar-refractivity contribution >= 4 is 5.96 Å². The van der Waals surface area contributed by atoms with Crippen molar-refractivity contribution in [2.24, 2.45) is 4.99 Å². The maximum absolute atomic E-state index is 5.40. The number of aryl methyl sites for hydroxylation is 1. The molecule has 2 heterocycles. The number of guanidine groups is 1. The molecule has 1 aliphatic heterocycles. The number of methoxy groups -OCH3 is 1. The maximum Gasteiger partial charge on any atom is 0.194 e. The normalized spacial score (nSPS) is 16.0. The molecule has 7 nitrogen and oxygen atoms in total. The summed E-state index contributed by atoms with van der Waals surface area (Å²) in [6, 6.07) is 8.20. The van der Waals surface area contributed by atoms with Crippen molar-refractivity contribution in [3.63, 3.8) is 0 Å². The van der Waals surface area contributed by atoms with E-state index in [9.17, 15) is 0 Å². The van der Waals surface area contributed by atoms with E-state index in [4.69, 9.17) is 9.26 Å². The Bertz CT molecular complexity index is 722. The molecule has 0 unspecified atom stereocenters. The van der Waals surface area contributed by atoms with E-state index in [0.717, 1.165) is 62.2 Å². The van der Waals surface area contributed by atoms with Crippen LogP contribution in [0.25, 0.3) is 0 Å². The highest BCUT2D eigenvalue weighted by molar-refractivity contribution is 5.80. The van der Waals surface area contributed by atoms with E-state index in [2.05, 4.69) is 43.5 Å². The highest BCUT2D eigenvalue weighted by Crippen LogP contribution is 2.18. The Morgan fingerprint density at radius 1 is 1.27 bits per heavy atom. The second-order valence-corrected chi connectivity index (χ2v) is 6.46. The maximum atomic E-state index is 5.40. The van der Waals surface area contributed by atoms with Crippen LogP contribution in [0.3, 0.4) is 0 Å². The molecule has 1 aliphatic rings. The third-order valence-electron chi connectivity index (χ3n) is 4.68. The molecule has 0 radical (unpaired) electrons. The molecule has 1 aromatic carbocycles. The number of ether oxygens (including phenoxy) is 1. The minimum atomic E-state index is 0.725. The molecule has 3 rings (SSSR count). The summed E-state index contributed by atoms with van der Waals surface area (Å²) in [7, 11) is 3.54. The summed E-state index contributed by atoms with van der Waals surface area (Å²) < 4.78 is 10.3. The zero-order chi connectivity index (χ0) is 18.4. The van der Waals surface area contributed by atoms with Gasteiger partial charge in [0.25, 0.3) is 0 Å². The fraction of sp³-hybridized carbons (Fsp3) is 0.474. The molecular formula is C19H27N5O2. The number of hydrogen-bond acceptors (Lipinski definition) is 5. The van der Waals surface area contributed by atoms with Crippen molar-refractivity contribution in [1.82, 2.24) is 20.3 Å². The Morgan fingerprint density at radius 3 is 2.73 bits per heavy atom. The van der Waals surface area contributed by atoms with Crippen molar-refractivity contribution in [1.29, 1.82) is 0 Å². The SMILES string of the molecule is CN=C(NCc1ccc(C)c(OC)c1)N1CCN(Cc2ccon2)CC1. The van der Waals surface area contributed by atoms with Gasteiger partial charge in [0.15, 0.2) is 5.96 Å². The number of nitrogens with one attached hydrogen (secondary N) is 1. The predicted octanol–water partition coefficient (Wildman–Crippen LogP) is 1.88. The molecule has 0 aliphatic carbocycles. The molecule has 26 heavy (non-hydrogen) atoms. The molecule has 0 spiro atoms. The Hall–Kier alpha value is -2.54. The number of nitrogens with zero attached hydrogens (tertiary/aromatic N) is 4. The molecule has 1 saturated heterocycles. The first kappa shape index (κ1) is 18.3. The smallest absolute Gasteiger partial charge is 0.194 e. The van der Waals surface area contributed by atoms with Crippen LogP contribution in [0.1, 0.15) is 16.8 Å². The lowest BCUT2D eigenvalue weighted by atomic mass is 10.1. The molecule has 0 atom stereocenters. The average Bonchev–Trinajstić information content (AvgIpc) is 3.17. The van der Waals surface area contributed by atoms with Gasteiger partial charge in [0.05, 0.1) is 12.8 Å². The highest BCUT2D eigenvalue weighted by atomic mass is 16.5. The monoisotopic (exact) mass is 357 g/mol. The van der Waals surface area contributed by atoms with E-state index >= 15 is 0 Å². The number of rotatable bonds is 5. The number of aromatic nitrogens is 1. The first-order valence-electron chi connectivity index (χ1n) is 8.90. The van der Waals surface area contributed by atoms with E-state index in [1.807, 2.05) is 20.0 Å². The third kappa shape index (κ3) is 4.54. The van der Waals surface area contributed by atoms with Gasteiger partial charge in [-0.15, -0.1) is 0 Å². The van der Waals surface area contributed by atoms with Gasteiger partial charge in [-0.1, -0.05) is 17.3 Å². The first-order valence-corrected chi connectivity index (χ1v) is 8.90. The Kier molecular flexibility index (Phi) is 6.12. The summed E-state index contributed by atoms with van der Waals surface area (Å²) in [4.78, 5) is 9.12. The minimum Gasteiger partial charge on any atom is -0.496 e. The summed E-state index contributed by atoms with van der Waals surface area (Å²) >= 11 is 0. The lowest BCUT2D eigenvalue weighted by Gasteiger charge is -2.36. The van der Waals surface area contributed by atoms with Crippen LogP contribution in [0.5, 0.6) is 5.75 Å². The molecule has 2 aromatic rings. The summed E-state index contributed by atoms with van der Waals surface area (Å²) in [6.45, 7) is 7.44. The molecule has 0 bridgehead atoms. The van der Waals surface area contributed by atoms with Crippen LogP contribution in [0.2, 0.25) is 0 Å². The lowest BCUT2D eigenvalue weighted by Crippen LogP contribution is -2.52. The van der Waals surface area contributed by atoms with Crippen LogP contribution in [0.4, 0.5) is 0 Å². The summed E-state index contributed by atoms with van der Waals surface area (Å²) in [5.41, 5.74) is 3.30. The summed E-state index contributed by atoms with van der Waals surface area (Å²) in [6.07, 6.45) is 1.62. The number of benzene rings is 1. The standard InChI is InChI=1S/C19H27N5O2/c1-15-4-5-16(12-18(15)25-3)13-21-19(20-2)24-9-7-23(8-10-24)14-17-6-11-26-22-17/h4-6,11-12H,7-10,13-14H2,1-3H3,(H,20,21). The minimum absolute atomic E-state index is 0.725. The van der Waals surface area contributed by atoms with Crippen molar-refractivity contribution < 1.29 is 9.26 Å². The van der Waals surface area contributed by atoms with Gasteiger partial charge in [0.2, 0.25) is 0 Å². The zero-order valence-corrected chi connectivity index (χ0v) is 15.7. The van der Waals surface area contributed by atoms with E-state index in [1.54, 1.807) is 13.4 Å². The molecule has 7 heteroatoms. The van der Waals surface area contributed by atoms with Crippen LogP contribution in [0, 0.1) is 6.92 Å². The zero-order valence-electron chi connectivity index (χ0n) is 15.7. The van der Waals surface area contributed by atoms with Crippen molar-refractivity contribution in [3.8, 4) is 5.75 Å². The number of hydrogen-bond donors (Lipinski definition) is 1. The molecule has 1 fully saturated rings. The Labute approximate surface area is 154 Å². The van der Waals surface area contributed by atoms with Crippen LogP contribution >= 0.6 is 0 Å². The second-order valence-electron chi connectivity index (χ2n) is 6.46. The molecule has 1 aromatic heterocycles. The number of aliphatic imine (C=N–C) groups is 1. The first-order chi connectivity index (χ1) is 12.7. The average molecular weight is 357 g/mol.